The van der Waals surface area contributed by atoms with Gasteiger partial charge in [0, 0.05) is 6.42 Å². The zero-order valence-electron chi connectivity index (χ0n) is 15.5. The number of rotatable bonds is 1. The van der Waals surface area contributed by atoms with Crippen LogP contribution >= 0.6 is 11.6 Å². The van der Waals surface area contributed by atoms with E-state index in [4.69, 9.17) is 25.8 Å². The van der Waals surface area contributed by atoms with Gasteiger partial charge in [-0.05, 0) is 33.8 Å². The highest BCUT2D eigenvalue weighted by molar-refractivity contribution is 6.34. The van der Waals surface area contributed by atoms with Crippen molar-refractivity contribution in [3.05, 3.63) is 28.0 Å². The highest BCUT2D eigenvalue weighted by Gasteiger charge is 2.47. The highest BCUT2D eigenvalue weighted by atomic mass is 35.5. The molecule has 1 aromatic carbocycles. The Morgan fingerprint density at radius 1 is 1.37 bits per heavy atom. The molecule has 1 fully saturated rings. The monoisotopic (exact) mass is 401 g/mol. The smallest absolute Gasteiger partial charge is 0.413 e. The first kappa shape index (κ1) is 19.7. The molecule has 2 heterocycles. The van der Waals surface area contributed by atoms with E-state index >= 15 is 0 Å². The van der Waals surface area contributed by atoms with E-state index in [2.05, 4.69) is 0 Å². The van der Waals surface area contributed by atoms with Crippen LogP contribution in [0.3, 0.4) is 0 Å². The molecule has 1 amide bonds. The Balaban J connectivity index is 2.14. The molecule has 27 heavy (non-hydrogen) atoms. The van der Waals surface area contributed by atoms with Crippen LogP contribution in [0.2, 0.25) is 5.02 Å². The molecular formula is C18H21ClFNO6. The lowest BCUT2D eigenvalue weighted by Crippen LogP contribution is -2.50. The molecule has 0 aromatic heterocycles. The summed E-state index contributed by atoms with van der Waals surface area (Å²) in [5.41, 5.74) is -2.78. The van der Waals surface area contributed by atoms with Crippen molar-refractivity contribution in [2.75, 3.05) is 13.2 Å². The van der Waals surface area contributed by atoms with Crippen molar-refractivity contribution in [3.8, 4) is 5.75 Å². The molecule has 1 N–H and O–H groups in total. The van der Waals surface area contributed by atoms with Gasteiger partial charge >= 0.3 is 12.1 Å². The molecule has 0 saturated carbocycles. The van der Waals surface area contributed by atoms with E-state index in [0.717, 1.165) is 6.07 Å². The summed E-state index contributed by atoms with van der Waals surface area (Å²) in [4.78, 5) is 25.8. The molecule has 1 atom stereocenters. The summed E-state index contributed by atoms with van der Waals surface area (Å²) in [5.74, 6) is -2.49. The number of benzene rings is 1. The van der Waals surface area contributed by atoms with Gasteiger partial charge in [0.15, 0.2) is 11.6 Å². The summed E-state index contributed by atoms with van der Waals surface area (Å²) in [6.45, 7) is 6.90. The van der Waals surface area contributed by atoms with Crippen LogP contribution in [0.5, 0.6) is 5.75 Å². The van der Waals surface area contributed by atoms with E-state index in [0.29, 0.717) is 13.0 Å². The minimum Gasteiger partial charge on any atom is -0.490 e. The molecule has 0 spiro atoms. The van der Waals surface area contributed by atoms with Crippen LogP contribution in [0.4, 0.5) is 9.18 Å². The Morgan fingerprint density at radius 3 is 2.67 bits per heavy atom. The van der Waals surface area contributed by atoms with E-state index in [-0.39, 0.29) is 29.0 Å². The molecular weight excluding hydrogens is 381 g/mol. The summed E-state index contributed by atoms with van der Waals surface area (Å²) in [5, 5.41) is 9.08. The maximum absolute atomic E-state index is 14.6. The predicted molar refractivity (Wildman–Crippen MR) is 93.6 cm³/mol. The van der Waals surface area contributed by atoms with Crippen LogP contribution in [-0.2, 0) is 15.1 Å². The molecule has 7 nitrogen and oxygen atoms in total. The average Bonchev–Trinajstić information content (AvgIpc) is 2.83. The Morgan fingerprint density at radius 2 is 2.04 bits per heavy atom. The van der Waals surface area contributed by atoms with E-state index in [1.54, 1.807) is 13.8 Å². The van der Waals surface area contributed by atoms with Crippen LogP contribution in [0.15, 0.2) is 6.07 Å². The number of carboxylic acids is 1. The van der Waals surface area contributed by atoms with Crippen molar-refractivity contribution in [2.45, 2.75) is 51.5 Å². The van der Waals surface area contributed by atoms with Gasteiger partial charge in [-0.2, -0.15) is 0 Å². The van der Waals surface area contributed by atoms with Crippen LogP contribution in [0.25, 0.3) is 0 Å². The number of carbonyl (C=O) groups excluding carboxylic acids is 1. The summed E-state index contributed by atoms with van der Waals surface area (Å²) in [7, 11) is 0. The molecule has 1 saturated heterocycles. The fourth-order valence-electron chi connectivity index (χ4n) is 3.52. The second-order valence-electron chi connectivity index (χ2n) is 7.53. The number of cyclic esters (lactones) is 1. The standard InChI is InChI=1S/C18H21ClFNO6/c1-17(2)12-13(19)10(15(22)23)7-11(20)14(12)25-6-5-9-8-26-18(3,4)21(9)16(24)27-17/h7,9H,5-6,8H2,1-4H3,(H,22,23)/t9-/m1/s1. The molecule has 9 heteroatoms. The van der Waals surface area contributed by atoms with Gasteiger partial charge < -0.3 is 19.3 Å². The van der Waals surface area contributed by atoms with Gasteiger partial charge in [-0.15, -0.1) is 0 Å². The largest absolute Gasteiger partial charge is 0.490 e. The summed E-state index contributed by atoms with van der Waals surface area (Å²) >= 11 is 6.26. The number of nitrogens with zero attached hydrogens (tertiary/aromatic N) is 1. The van der Waals surface area contributed by atoms with E-state index in [1.165, 1.54) is 18.7 Å². The van der Waals surface area contributed by atoms with Crippen molar-refractivity contribution in [3.63, 3.8) is 0 Å². The Labute approximate surface area is 160 Å². The zero-order chi connectivity index (χ0) is 20.1. The lowest BCUT2D eigenvalue weighted by Gasteiger charge is -2.38. The maximum atomic E-state index is 14.6. The molecule has 1 aromatic rings. The second-order valence-corrected chi connectivity index (χ2v) is 7.90. The van der Waals surface area contributed by atoms with Gasteiger partial charge in [-0.1, -0.05) is 11.6 Å². The first-order valence-corrected chi connectivity index (χ1v) is 8.88. The highest BCUT2D eigenvalue weighted by Crippen LogP contribution is 2.44. The van der Waals surface area contributed by atoms with Gasteiger partial charge in [0.1, 0.15) is 11.3 Å². The fourth-order valence-corrected chi connectivity index (χ4v) is 3.97. The average molecular weight is 402 g/mol. The maximum Gasteiger partial charge on any atom is 0.413 e. The Bertz CT molecular complexity index is 810. The lowest BCUT2D eigenvalue weighted by atomic mass is 9.94. The Kier molecular flexibility index (Phi) is 4.76. The van der Waals surface area contributed by atoms with Gasteiger partial charge in [0.25, 0.3) is 0 Å². The van der Waals surface area contributed by atoms with Crippen molar-refractivity contribution in [1.29, 1.82) is 0 Å². The van der Waals surface area contributed by atoms with Crippen molar-refractivity contribution in [2.24, 2.45) is 0 Å². The molecule has 3 rings (SSSR count). The zero-order valence-corrected chi connectivity index (χ0v) is 16.2. The van der Waals surface area contributed by atoms with Gasteiger partial charge in [0.05, 0.1) is 35.4 Å². The van der Waals surface area contributed by atoms with Crippen LogP contribution in [0, 0.1) is 5.82 Å². The number of aromatic carboxylic acids is 1. The summed E-state index contributed by atoms with van der Waals surface area (Å²) < 4.78 is 31.6. The fraction of sp³-hybridized carbons (Fsp3) is 0.556. The molecule has 0 unspecified atom stereocenters. The van der Waals surface area contributed by atoms with Gasteiger partial charge in [0.2, 0.25) is 0 Å². The van der Waals surface area contributed by atoms with Crippen LogP contribution in [0.1, 0.15) is 50.0 Å². The number of hydrogen-bond donors (Lipinski definition) is 1. The molecule has 0 bridgehead atoms. The third-order valence-electron chi connectivity index (χ3n) is 4.81. The first-order valence-electron chi connectivity index (χ1n) is 8.50. The number of hydrogen-bond acceptors (Lipinski definition) is 5. The third-order valence-corrected chi connectivity index (χ3v) is 5.21. The Hall–Kier alpha value is -2.06. The number of carboxylic acid groups (broad SMARTS) is 1. The number of carbonyl (C=O) groups is 2. The molecule has 2 aliphatic rings. The number of halogens is 2. The second kappa shape index (κ2) is 6.53. The van der Waals surface area contributed by atoms with Crippen LogP contribution < -0.4 is 4.74 Å². The van der Waals surface area contributed by atoms with Crippen molar-refractivity contribution < 1.29 is 33.3 Å². The van der Waals surface area contributed by atoms with Crippen molar-refractivity contribution >= 4 is 23.7 Å². The van der Waals surface area contributed by atoms with Crippen LogP contribution in [-0.4, -0.2) is 47.0 Å². The molecule has 0 radical (unpaired) electrons. The van der Waals surface area contributed by atoms with E-state index in [1.807, 2.05) is 0 Å². The minimum atomic E-state index is -1.45. The number of fused-ring (bicyclic) bond motifs is 2. The van der Waals surface area contributed by atoms with Gasteiger partial charge in [-0.25, -0.2) is 14.0 Å². The van der Waals surface area contributed by atoms with Gasteiger partial charge in [-0.3, -0.25) is 4.90 Å². The third kappa shape index (κ3) is 3.32. The van der Waals surface area contributed by atoms with E-state index in [9.17, 15) is 19.1 Å². The normalized spacial score (nSPS) is 23.7. The lowest BCUT2D eigenvalue weighted by molar-refractivity contribution is -0.0685. The van der Waals surface area contributed by atoms with Crippen molar-refractivity contribution in [1.82, 2.24) is 4.90 Å². The molecule has 0 aliphatic carbocycles. The quantitative estimate of drug-likeness (QED) is 0.771. The van der Waals surface area contributed by atoms with E-state index < -0.39 is 34.8 Å². The first-order chi connectivity index (χ1) is 12.5. The SMILES string of the molecule is CC1(C)OC(=O)N2[C@H](CCOc3c(F)cc(C(=O)O)c(Cl)c31)COC2(C)C. The predicted octanol–water partition coefficient (Wildman–Crippen LogP) is 3.77. The number of ether oxygens (including phenoxy) is 3. The minimum absolute atomic E-state index is 0.0220. The summed E-state index contributed by atoms with van der Waals surface area (Å²) in [6, 6.07) is 0.517. The molecule has 2 aliphatic heterocycles. The summed E-state index contributed by atoms with van der Waals surface area (Å²) in [6.07, 6.45) is -0.270. The number of amides is 1. The topological polar surface area (TPSA) is 85.3 Å². The molecule has 148 valence electrons.